The van der Waals surface area contributed by atoms with Gasteiger partial charge in [0.05, 0.1) is 6.54 Å². The fourth-order valence-corrected chi connectivity index (χ4v) is 2.37. The first-order valence-electron chi connectivity index (χ1n) is 6.80. The third kappa shape index (κ3) is 3.45. The van der Waals surface area contributed by atoms with E-state index in [9.17, 15) is 9.59 Å². The number of rotatable bonds is 4. The summed E-state index contributed by atoms with van der Waals surface area (Å²) < 4.78 is 0. The van der Waals surface area contributed by atoms with Crippen molar-refractivity contribution in [2.24, 2.45) is 5.92 Å². The van der Waals surface area contributed by atoms with Crippen LogP contribution in [0.15, 0.2) is 0 Å². The number of likely N-dealkylation sites (tertiary alicyclic amines) is 1. The zero-order chi connectivity index (χ0) is 13.1. The Morgan fingerprint density at radius 1 is 1.17 bits per heavy atom. The quantitative estimate of drug-likeness (QED) is 0.771. The molecule has 2 rings (SSSR count). The van der Waals surface area contributed by atoms with Gasteiger partial charge in [0.2, 0.25) is 11.8 Å². The van der Waals surface area contributed by atoms with Crippen molar-refractivity contribution in [2.75, 3.05) is 33.7 Å². The topological polar surface area (TPSA) is 52.7 Å². The van der Waals surface area contributed by atoms with E-state index in [1.54, 1.807) is 19.0 Å². The fourth-order valence-electron chi connectivity index (χ4n) is 2.37. The van der Waals surface area contributed by atoms with Crippen LogP contribution >= 0.6 is 0 Å². The molecule has 1 aliphatic carbocycles. The molecule has 1 N–H and O–H groups in total. The highest BCUT2D eigenvalue weighted by molar-refractivity contribution is 5.80. The van der Waals surface area contributed by atoms with Crippen LogP contribution in [0.25, 0.3) is 0 Å². The Morgan fingerprint density at radius 2 is 1.78 bits per heavy atom. The van der Waals surface area contributed by atoms with E-state index in [1.165, 1.54) is 12.8 Å². The molecule has 1 aliphatic heterocycles. The summed E-state index contributed by atoms with van der Waals surface area (Å²) in [5, 5.41) is 3.24. The van der Waals surface area contributed by atoms with Gasteiger partial charge in [0.25, 0.3) is 0 Å². The van der Waals surface area contributed by atoms with Crippen LogP contribution in [-0.2, 0) is 9.59 Å². The smallest absolute Gasteiger partial charge is 0.236 e. The van der Waals surface area contributed by atoms with Gasteiger partial charge in [-0.05, 0) is 25.7 Å². The molecule has 0 aromatic carbocycles. The van der Waals surface area contributed by atoms with Crippen LogP contribution in [0.5, 0.6) is 0 Å². The van der Waals surface area contributed by atoms with Crippen LogP contribution in [0.1, 0.15) is 25.7 Å². The lowest BCUT2D eigenvalue weighted by Crippen LogP contribution is -2.45. The second kappa shape index (κ2) is 5.69. The molecule has 1 saturated heterocycles. The minimum atomic E-state index is 0.0976. The molecule has 0 radical (unpaired) electrons. The van der Waals surface area contributed by atoms with Crippen LogP contribution < -0.4 is 5.32 Å². The number of carbonyl (C=O) groups is 2. The predicted octanol–water partition coefficient (Wildman–Crippen LogP) is 0.0652. The molecule has 0 aromatic heterocycles. The zero-order valence-corrected chi connectivity index (χ0v) is 11.3. The molecule has 2 aliphatic rings. The molecule has 0 bridgehead atoms. The first kappa shape index (κ1) is 13.3. The lowest BCUT2D eigenvalue weighted by Gasteiger charge is -2.32. The van der Waals surface area contributed by atoms with Gasteiger partial charge in [-0.2, -0.15) is 0 Å². The third-order valence-electron chi connectivity index (χ3n) is 3.76. The summed E-state index contributed by atoms with van der Waals surface area (Å²) in [7, 11) is 3.58. The average Bonchev–Trinajstić information content (AvgIpc) is 3.19. The molecule has 18 heavy (non-hydrogen) atoms. The monoisotopic (exact) mass is 253 g/mol. The molecular weight excluding hydrogens is 230 g/mol. The Balaban J connectivity index is 1.71. The molecule has 102 valence electrons. The molecule has 2 fully saturated rings. The number of hydrogen-bond acceptors (Lipinski definition) is 3. The lowest BCUT2D eigenvalue weighted by atomic mass is 9.95. The molecule has 0 unspecified atom stereocenters. The maximum Gasteiger partial charge on any atom is 0.236 e. The number of hydrogen-bond donors (Lipinski definition) is 1. The number of piperidine rings is 1. The van der Waals surface area contributed by atoms with Crippen molar-refractivity contribution in [3.05, 3.63) is 0 Å². The van der Waals surface area contributed by atoms with Crippen LogP contribution in [0.2, 0.25) is 0 Å². The molecule has 1 heterocycles. The minimum Gasteiger partial charge on any atom is -0.349 e. The van der Waals surface area contributed by atoms with E-state index in [2.05, 4.69) is 5.32 Å². The second-order valence-electron chi connectivity index (χ2n) is 5.54. The number of nitrogens with one attached hydrogen (secondary N) is 1. The van der Waals surface area contributed by atoms with Gasteiger partial charge in [0.15, 0.2) is 0 Å². The Hall–Kier alpha value is -1.10. The van der Waals surface area contributed by atoms with Gasteiger partial charge >= 0.3 is 0 Å². The van der Waals surface area contributed by atoms with Crippen molar-refractivity contribution in [3.63, 3.8) is 0 Å². The normalized spacial score (nSPS) is 20.9. The second-order valence-corrected chi connectivity index (χ2v) is 5.54. The number of amides is 2. The highest BCUT2D eigenvalue weighted by atomic mass is 16.2. The average molecular weight is 253 g/mol. The van der Waals surface area contributed by atoms with Crippen molar-refractivity contribution in [2.45, 2.75) is 31.7 Å². The maximum absolute atomic E-state index is 11.9. The highest BCUT2D eigenvalue weighted by Gasteiger charge is 2.29. The van der Waals surface area contributed by atoms with Crippen molar-refractivity contribution in [1.29, 1.82) is 0 Å². The molecule has 2 amide bonds. The standard InChI is InChI=1S/C13H23N3O2/c1-15(2)13(18)10-5-7-16(8-6-10)12(17)9-14-11-3-4-11/h10-11,14H,3-9H2,1-2H3. The number of carbonyl (C=O) groups excluding carboxylic acids is 2. The van der Waals surface area contributed by atoms with Crippen molar-refractivity contribution < 1.29 is 9.59 Å². The zero-order valence-electron chi connectivity index (χ0n) is 11.3. The van der Waals surface area contributed by atoms with Gasteiger partial charge in [0, 0.05) is 39.1 Å². The summed E-state index contributed by atoms with van der Waals surface area (Å²) in [6.07, 6.45) is 4.00. The van der Waals surface area contributed by atoms with E-state index in [0.717, 1.165) is 25.9 Å². The largest absolute Gasteiger partial charge is 0.349 e. The Kier molecular flexibility index (Phi) is 4.22. The molecule has 5 heteroatoms. The predicted molar refractivity (Wildman–Crippen MR) is 69.0 cm³/mol. The molecular formula is C13H23N3O2. The van der Waals surface area contributed by atoms with Crippen molar-refractivity contribution in [1.82, 2.24) is 15.1 Å². The Bertz CT molecular complexity index is 318. The van der Waals surface area contributed by atoms with Crippen LogP contribution in [0.3, 0.4) is 0 Å². The van der Waals surface area contributed by atoms with Crippen molar-refractivity contribution in [3.8, 4) is 0 Å². The van der Waals surface area contributed by atoms with Gasteiger partial charge in [-0.3, -0.25) is 9.59 Å². The fraction of sp³-hybridized carbons (Fsp3) is 0.846. The summed E-state index contributed by atoms with van der Waals surface area (Å²) in [6, 6.07) is 0.571. The van der Waals surface area contributed by atoms with E-state index < -0.39 is 0 Å². The highest BCUT2D eigenvalue weighted by Crippen LogP contribution is 2.20. The van der Waals surface area contributed by atoms with Gasteiger partial charge in [0.1, 0.15) is 0 Å². The summed E-state index contributed by atoms with van der Waals surface area (Å²) >= 11 is 0. The molecule has 0 aromatic rings. The Morgan fingerprint density at radius 3 is 2.28 bits per heavy atom. The van der Waals surface area contributed by atoms with E-state index in [-0.39, 0.29) is 17.7 Å². The third-order valence-corrected chi connectivity index (χ3v) is 3.76. The van der Waals surface area contributed by atoms with Gasteiger partial charge in [-0.25, -0.2) is 0 Å². The first-order chi connectivity index (χ1) is 8.58. The van der Waals surface area contributed by atoms with Gasteiger partial charge in [-0.1, -0.05) is 0 Å². The first-order valence-corrected chi connectivity index (χ1v) is 6.80. The summed E-state index contributed by atoms with van der Waals surface area (Å²) in [5.74, 6) is 0.469. The SMILES string of the molecule is CN(C)C(=O)C1CCN(C(=O)CNC2CC2)CC1. The molecule has 1 saturated carbocycles. The van der Waals surface area contributed by atoms with Crippen LogP contribution in [-0.4, -0.2) is 61.4 Å². The van der Waals surface area contributed by atoms with E-state index in [1.807, 2.05) is 4.90 Å². The van der Waals surface area contributed by atoms with Crippen LogP contribution in [0.4, 0.5) is 0 Å². The van der Waals surface area contributed by atoms with E-state index in [4.69, 9.17) is 0 Å². The Labute approximate surface area is 108 Å². The number of nitrogens with zero attached hydrogens (tertiary/aromatic N) is 2. The van der Waals surface area contributed by atoms with Crippen molar-refractivity contribution >= 4 is 11.8 Å². The maximum atomic E-state index is 11.9. The summed E-state index contributed by atoms with van der Waals surface area (Å²) in [5.41, 5.74) is 0. The van der Waals surface area contributed by atoms with E-state index >= 15 is 0 Å². The molecule has 5 nitrogen and oxygen atoms in total. The van der Waals surface area contributed by atoms with Gasteiger partial charge < -0.3 is 15.1 Å². The van der Waals surface area contributed by atoms with Gasteiger partial charge in [-0.15, -0.1) is 0 Å². The van der Waals surface area contributed by atoms with E-state index in [0.29, 0.717) is 12.6 Å². The molecule has 0 spiro atoms. The molecule has 0 atom stereocenters. The minimum absolute atomic E-state index is 0.0976. The summed E-state index contributed by atoms with van der Waals surface area (Å²) in [6.45, 7) is 1.89. The van der Waals surface area contributed by atoms with Crippen LogP contribution in [0, 0.1) is 5.92 Å². The lowest BCUT2D eigenvalue weighted by molar-refractivity contribution is -0.138. The summed E-state index contributed by atoms with van der Waals surface area (Å²) in [4.78, 5) is 27.2.